The van der Waals surface area contributed by atoms with Gasteiger partial charge in [0.15, 0.2) is 0 Å². The summed E-state index contributed by atoms with van der Waals surface area (Å²) < 4.78 is 1.81. The van der Waals surface area contributed by atoms with Crippen molar-refractivity contribution in [2.75, 3.05) is 0 Å². The highest BCUT2D eigenvalue weighted by Crippen LogP contribution is 1.99. The van der Waals surface area contributed by atoms with Crippen LogP contribution in [0.25, 0.3) is 0 Å². The maximum atomic E-state index is 11.0. The van der Waals surface area contributed by atoms with E-state index in [0.29, 0.717) is 18.6 Å². The van der Waals surface area contributed by atoms with Crippen molar-refractivity contribution in [1.29, 1.82) is 0 Å². The third-order valence-corrected chi connectivity index (χ3v) is 2.19. The maximum Gasteiger partial charge on any atom is 0.132 e. The van der Waals surface area contributed by atoms with Gasteiger partial charge in [0.25, 0.3) is 0 Å². The van der Waals surface area contributed by atoms with Crippen molar-refractivity contribution in [3.63, 3.8) is 0 Å². The molecule has 1 rings (SSSR count). The van der Waals surface area contributed by atoms with Crippen LogP contribution in [0.1, 0.15) is 38.8 Å². The molecular weight excluding hydrogens is 178 g/mol. The smallest absolute Gasteiger partial charge is 0.132 e. The van der Waals surface area contributed by atoms with E-state index in [1.807, 2.05) is 17.8 Å². The van der Waals surface area contributed by atoms with E-state index in [0.717, 1.165) is 25.1 Å². The Morgan fingerprint density at radius 1 is 1.50 bits per heavy atom. The molecule has 4 heteroatoms. The minimum atomic E-state index is 0.320. The van der Waals surface area contributed by atoms with Gasteiger partial charge >= 0.3 is 0 Å². The minimum Gasteiger partial charge on any atom is -0.300 e. The van der Waals surface area contributed by atoms with Gasteiger partial charge in [0.05, 0.1) is 5.69 Å². The van der Waals surface area contributed by atoms with Crippen LogP contribution >= 0.6 is 0 Å². The highest BCUT2D eigenvalue weighted by Gasteiger charge is 2.00. The minimum absolute atomic E-state index is 0.320. The maximum absolute atomic E-state index is 11.0. The highest BCUT2D eigenvalue weighted by atomic mass is 16.1. The molecule has 4 nitrogen and oxygen atoms in total. The SMILES string of the molecule is CCC(=O)CCCn1cc(CC)nn1. The molecule has 1 aromatic heterocycles. The van der Waals surface area contributed by atoms with Gasteiger partial charge in [-0.25, -0.2) is 0 Å². The molecule has 0 aliphatic carbocycles. The summed E-state index contributed by atoms with van der Waals surface area (Å²) in [7, 11) is 0. The predicted molar refractivity (Wildman–Crippen MR) is 53.9 cm³/mol. The molecule has 0 fully saturated rings. The zero-order chi connectivity index (χ0) is 10.4. The average Bonchev–Trinajstić information content (AvgIpc) is 2.65. The van der Waals surface area contributed by atoms with Gasteiger partial charge in [-0.2, -0.15) is 0 Å². The van der Waals surface area contributed by atoms with E-state index in [2.05, 4.69) is 17.2 Å². The van der Waals surface area contributed by atoms with Gasteiger partial charge in [-0.05, 0) is 12.8 Å². The van der Waals surface area contributed by atoms with Crippen molar-refractivity contribution in [2.24, 2.45) is 0 Å². The van der Waals surface area contributed by atoms with Gasteiger partial charge in [0.2, 0.25) is 0 Å². The topological polar surface area (TPSA) is 47.8 Å². The van der Waals surface area contributed by atoms with E-state index in [4.69, 9.17) is 0 Å². The Labute approximate surface area is 84.3 Å². The van der Waals surface area contributed by atoms with Crippen LogP contribution in [-0.2, 0) is 17.8 Å². The van der Waals surface area contributed by atoms with Crippen LogP contribution in [-0.4, -0.2) is 20.8 Å². The Balaban J connectivity index is 2.27. The molecule has 0 N–H and O–H groups in total. The fraction of sp³-hybridized carbons (Fsp3) is 0.700. The fourth-order valence-corrected chi connectivity index (χ4v) is 1.22. The number of aryl methyl sites for hydroxylation is 2. The summed E-state index contributed by atoms with van der Waals surface area (Å²) in [6, 6.07) is 0. The van der Waals surface area contributed by atoms with Crippen LogP contribution in [0.5, 0.6) is 0 Å². The summed E-state index contributed by atoms with van der Waals surface area (Å²) in [5.41, 5.74) is 1.01. The third kappa shape index (κ3) is 3.28. The largest absolute Gasteiger partial charge is 0.300 e. The molecule has 78 valence electrons. The molecule has 0 bridgehead atoms. The number of rotatable bonds is 6. The van der Waals surface area contributed by atoms with E-state index in [1.54, 1.807) is 0 Å². The van der Waals surface area contributed by atoms with Crippen molar-refractivity contribution < 1.29 is 4.79 Å². The molecule has 0 aliphatic heterocycles. The van der Waals surface area contributed by atoms with Crippen LogP contribution < -0.4 is 0 Å². The molecule has 0 unspecified atom stereocenters. The van der Waals surface area contributed by atoms with E-state index >= 15 is 0 Å². The van der Waals surface area contributed by atoms with Crippen LogP contribution in [0, 0.1) is 0 Å². The number of ketones is 1. The first-order chi connectivity index (χ1) is 6.76. The molecule has 0 aliphatic rings. The summed E-state index contributed by atoms with van der Waals surface area (Å²) in [5, 5.41) is 7.95. The zero-order valence-corrected chi connectivity index (χ0v) is 8.86. The van der Waals surface area contributed by atoms with E-state index in [1.165, 1.54) is 0 Å². The van der Waals surface area contributed by atoms with Crippen molar-refractivity contribution in [3.8, 4) is 0 Å². The lowest BCUT2D eigenvalue weighted by molar-refractivity contribution is -0.118. The lowest BCUT2D eigenvalue weighted by Gasteiger charge is -1.98. The van der Waals surface area contributed by atoms with Gasteiger partial charge in [0.1, 0.15) is 5.78 Å². The average molecular weight is 195 g/mol. The Morgan fingerprint density at radius 2 is 2.29 bits per heavy atom. The van der Waals surface area contributed by atoms with Crippen molar-refractivity contribution in [1.82, 2.24) is 15.0 Å². The number of nitrogens with zero attached hydrogens (tertiary/aromatic N) is 3. The zero-order valence-electron chi connectivity index (χ0n) is 8.86. The summed E-state index contributed by atoms with van der Waals surface area (Å²) in [6.07, 6.45) is 5.00. The Kier molecular flexibility index (Phi) is 4.29. The van der Waals surface area contributed by atoms with E-state index in [9.17, 15) is 4.79 Å². The number of hydrogen-bond donors (Lipinski definition) is 0. The van der Waals surface area contributed by atoms with Crippen molar-refractivity contribution >= 4 is 5.78 Å². The van der Waals surface area contributed by atoms with Gasteiger partial charge in [-0.1, -0.05) is 19.1 Å². The van der Waals surface area contributed by atoms with Crippen molar-refractivity contribution in [2.45, 2.75) is 46.1 Å². The molecule has 0 saturated heterocycles. The monoisotopic (exact) mass is 195 g/mol. The first-order valence-corrected chi connectivity index (χ1v) is 5.17. The summed E-state index contributed by atoms with van der Waals surface area (Å²) in [6.45, 7) is 4.74. The van der Waals surface area contributed by atoms with Crippen LogP contribution in [0.2, 0.25) is 0 Å². The van der Waals surface area contributed by atoms with Crippen LogP contribution in [0.15, 0.2) is 6.20 Å². The summed E-state index contributed by atoms with van der Waals surface area (Å²) in [5.74, 6) is 0.320. The van der Waals surface area contributed by atoms with E-state index in [-0.39, 0.29) is 0 Å². The van der Waals surface area contributed by atoms with Crippen LogP contribution in [0.3, 0.4) is 0 Å². The Hall–Kier alpha value is -1.19. The number of carbonyl (C=O) groups is 1. The third-order valence-electron chi connectivity index (χ3n) is 2.19. The van der Waals surface area contributed by atoms with Gasteiger partial charge < -0.3 is 0 Å². The normalized spacial score (nSPS) is 10.4. The molecule has 1 aromatic rings. The number of Topliss-reactive ketones (excluding diaryl/α,β-unsaturated/α-hetero) is 1. The standard InChI is InChI=1S/C10H17N3O/c1-3-9-8-13(12-11-9)7-5-6-10(14)4-2/h8H,3-7H2,1-2H3. The fourth-order valence-electron chi connectivity index (χ4n) is 1.22. The first-order valence-electron chi connectivity index (χ1n) is 5.17. The van der Waals surface area contributed by atoms with Gasteiger partial charge in [0, 0.05) is 25.6 Å². The molecule has 0 spiro atoms. The van der Waals surface area contributed by atoms with Crippen LogP contribution in [0.4, 0.5) is 0 Å². The molecule has 1 heterocycles. The lowest BCUT2D eigenvalue weighted by atomic mass is 10.2. The molecule has 0 atom stereocenters. The number of carbonyl (C=O) groups excluding carboxylic acids is 1. The molecule has 0 aromatic carbocycles. The number of hydrogen-bond acceptors (Lipinski definition) is 3. The molecule has 0 radical (unpaired) electrons. The quantitative estimate of drug-likeness (QED) is 0.692. The Morgan fingerprint density at radius 3 is 2.86 bits per heavy atom. The summed E-state index contributed by atoms with van der Waals surface area (Å²) in [4.78, 5) is 11.0. The molecule has 0 amide bonds. The van der Waals surface area contributed by atoms with Gasteiger partial charge in [-0.3, -0.25) is 9.48 Å². The Bertz CT molecular complexity index is 293. The highest BCUT2D eigenvalue weighted by molar-refractivity contribution is 5.77. The lowest BCUT2D eigenvalue weighted by Crippen LogP contribution is -2.02. The second-order valence-electron chi connectivity index (χ2n) is 3.32. The van der Waals surface area contributed by atoms with E-state index < -0.39 is 0 Å². The van der Waals surface area contributed by atoms with Crippen molar-refractivity contribution in [3.05, 3.63) is 11.9 Å². The number of aromatic nitrogens is 3. The first kappa shape index (κ1) is 10.9. The second kappa shape index (κ2) is 5.52. The molecular formula is C10H17N3O. The molecule has 0 saturated carbocycles. The summed E-state index contributed by atoms with van der Waals surface area (Å²) >= 11 is 0. The molecule has 14 heavy (non-hydrogen) atoms. The van der Waals surface area contributed by atoms with Gasteiger partial charge in [-0.15, -0.1) is 5.10 Å². The second-order valence-corrected chi connectivity index (χ2v) is 3.32. The predicted octanol–water partition coefficient (Wildman–Crippen LogP) is 1.60.